The van der Waals surface area contributed by atoms with Crippen LogP contribution in [0.3, 0.4) is 0 Å². The molecule has 0 spiro atoms. The molecule has 1 aromatic heterocycles. The molecular formula is C19H16N2S. The first kappa shape index (κ1) is 13.5. The molecule has 0 bridgehead atoms. The topological polar surface area (TPSA) is 27.0 Å². The van der Waals surface area contributed by atoms with Crippen LogP contribution in [-0.2, 0) is 6.54 Å². The van der Waals surface area contributed by atoms with Gasteiger partial charge in [0.15, 0.2) is 0 Å². The zero-order valence-corrected chi connectivity index (χ0v) is 13.2. The quantitative estimate of drug-likeness (QED) is 0.668. The van der Waals surface area contributed by atoms with Gasteiger partial charge in [-0.2, -0.15) is 5.26 Å². The molecule has 0 N–H and O–H groups in total. The fourth-order valence-corrected chi connectivity index (χ4v) is 4.51. The van der Waals surface area contributed by atoms with E-state index in [4.69, 9.17) is 5.26 Å². The first-order valence-corrected chi connectivity index (χ1v) is 8.26. The lowest BCUT2D eigenvalue weighted by atomic mass is 9.88. The molecule has 0 fully saturated rings. The average molecular weight is 304 g/mol. The maximum atomic E-state index is 9.12. The van der Waals surface area contributed by atoms with Crippen LogP contribution in [0.25, 0.3) is 10.1 Å². The fourth-order valence-electron chi connectivity index (χ4n) is 3.33. The molecule has 0 saturated heterocycles. The number of hydrogen-bond acceptors (Lipinski definition) is 3. The number of fused-ring (bicyclic) bond motifs is 2. The maximum absolute atomic E-state index is 9.12. The molecule has 0 saturated carbocycles. The number of rotatable bonds is 1. The molecule has 0 aliphatic carbocycles. The molecule has 3 heteroatoms. The third kappa shape index (κ3) is 2.21. The zero-order valence-electron chi connectivity index (χ0n) is 12.4. The van der Waals surface area contributed by atoms with E-state index in [0.29, 0.717) is 5.92 Å². The molecule has 1 aliphatic heterocycles. The lowest BCUT2D eigenvalue weighted by molar-refractivity contribution is 0.296. The van der Waals surface area contributed by atoms with E-state index < -0.39 is 0 Å². The van der Waals surface area contributed by atoms with Crippen molar-refractivity contribution in [1.82, 2.24) is 4.90 Å². The molecule has 4 rings (SSSR count). The summed E-state index contributed by atoms with van der Waals surface area (Å²) in [7, 11) is 2.16. The van der Waals surface area contributed by atoms with Crippen molar-refractivity contribution in [2.75, 3.05) is 13.6 Å². The summed E-state index contributed by atoms with van der Waals surface area (Å²) in [6.07, 6.45) is 0. The summed E-state index contributed by atoms with van der Waals surface area (Å²) in [5.41, 5.74) is 3.42. The molecule has 1 aliphatic rings. The van der Waals surface area contributed by atoms with Crippen LogP contribution < -0.4 is 0 Å². The van der Waals surface area contributed by atoms with Crippen molar-refractivity contribution >= 4 is 21.4 Å². The molecule has 22 heavy (non-hydrogen) atoms. The van der Waals surface area contributed by atoms with Crippen molar-refractivity contribution in [3.05, 3.63) is 70.1 Å². The van der Waals surface area contributed by atoms with Gasteiger partial charge in [0, 0.05) is 28.6 Å². The van der Waals surface area contributed by atoms with Crippen LogP contribution in [-0.4, -0.2) is 18.5 Å². The van der Waals surface area contributed by atoms with Crippen LogP contribution in [0.15, 0.2) is 48.5 Å². The molecule has 2 heterocycles. The van der Waals surface area contributed by atoms with Gasteiger partial charge in [0.2, 0.25) is 0 Å². The second kappa shape index (κ2) is 5.24. The lowest BCUT2D eigenvalue weighted by Crippen LogP contribution is -2.30. The first-order chi connectivity index (χ1) is 10.7. The van der Waals surface area contributed by atoms with Crippen molar-refractivity contribution in [2.24, 2.45) is 0 Å². The summed E-state index contributed by atoms with van der Waals surface area (Å²) in [4.78, 5) is 3.76. The standard InChI is InChI=1S/C19H16N2S/c1-21-11-15-8-13(10-20)6-7-16(15)17(12-21)19-9-14-4-2-3-5-18(14)22-19/h2-9,17H,11-12H2,1H3. The maximum Gasteiger partial charge on any atom is 0.0991 e. The summed E-state index contributed by atoms with van der Waals surface area (Å²) < 4.78 is 1.35. The molecule has 2 aromatic carbocycles. The van der Waals surface area contributed by atoms with Crippen LogP contribution in [0.2, 0.25) is 0 Å². The second-order valence-corrected chi connectivity index (χ2v) is 7.08. The Bertz CT molecular complexity index is 855. The third-order valence-corrected chi connectivity index (χ3v) is 5.60. The Hall–Kier alpha value is -2.15. The van der Waals surface area contributed by atoms with Crippen molar-refractivity contribution in [2.45, 2.75) is 12.5 Å². The summed E-state index contributed by atoms with van der Waals surface area (Å²) in [5, 5.41) is 10.4. The van der Waals surface area contributed by atoms with Crippen LogP contribution in [0, 0.1) is 11.3 Å². The van der Waals surface area contributed by atoms with Crippen molar-refractivity contribution in [1.29, 1.82) is 5.26 Å². The van der Waals surface area contributed by atoms with Gasteiger partial charge in [-0.1, -0.05) is 24.3 Å². The summed E-state index contributed by atoms with van der Waals surface area (Å²) in [6, 6.07) is 19.3. The molecule has 1 atom stereocenters. The van der Waals surface area contributed by atoms with Gasteiger partial charge >= 0.3 is 0 Å². The number of nitrogens with zero attached hydrogens (tertiary/aromatic N) is 2. The summed E-state index contributed by atoms with van der Waals surface area (Å²) in [5.74, 6) is 0.402. The Labute approximate surface area is 134 Å². The first-order valence-electron chi connectivity index (χ1n) is 7.44. The number of hydrogen-bond donors (Lipinski definition) is 0. The molecular weight excluding hydrogens is 288 g/mol. The molecule has 3 aromatic rings. The average Bonchev–Trinajstić information content (AvgIpc) is 2.97. The van der Waals surface area contributed by atoms with Gasteiger partial charge in [0.1, 0.15) is 0 Å². The molecule has 1 unspecified atom stereocenters. The van der Waals surface area contributed by atoms with Crippen LogP contribution in [0.5, 0.6) is 0 Å². The van der Waals surface area contributed by atoms with E-state index in [0.717, 1.165) is 18.7 Å². The Kier molecular flexibility index (Phi) is 3.22. The highest BCUT2D eigenvalue weighted by Gasteiger charge is 2.26. The SMILES string of the molecule is CN1Cc2cc(C#N)ccc2C(c2cc3ccccc3s2)C1. The van der Waals surface area contributed by atoms with Crippen LogP contribution >= 0.6 is 11.3 Å². The minimum atomic E-state index is 0.402. The molecule has 0 radical (unpaired) electrons. The molecule has 108 valence electrons. The number of nitriles is 1. The van der Waals surface area contributed by atoms with Crippen molar-refractivity contribution < 1.29 is 0 Å². The van der Waals surface area contributed by atoms with E-state index in [9.17, 15) is 0 Å². The highest BCUT2D eigenvalue weighted by atomic mass is 32.1. The van der Waals surface area contributed by atoms with E-state index in [1.165, 1.54) is 26.1 Å². The molecule has 0 amide bonds. The van der Waals surface area contributed by atoms with E-state index in [1.807, 2.05) is 23.5 Å². The van der Waals surface area contributed by atoms with E-state index in [2.05, 4.69) is 54.4 Å². The van der Waals surface area contributed by atoms with Gasteiger partial charge < -0.3 is 4.90 Å². The van der Waals surface area contributed by atoms with Gasteiger partial charge in [-0.05, 0) is 47.8 Å². The molecule has 2 nitrogen and oxygen atoms in total. The smallest absolute Gasteiger partial charge is 0.0991 e. The van der Waals surface area contributed by atoms with Gasteiger partial charge in [0.05, 0.1) is 11.6 Å². The van der Waals surface area contributed by atoms with Gasteiger partial charge in [-0.25, -0.2) is 0 Å². The highest BCUT2D eigenvalue weighted by Crippen LogP contribution is 2.38. The van der Waals surface area contributed by atoms with Crippen molar-refractivity contribution in [3.8, 4) is 6.07 Å². The Morgan fingerprint density at radius 2 is 2.05 bits per heavy atom. The normalized spacial score (nSPS) is 18.1. The largest absolute Gasteiger partial charge is 0.301 e. The van der Waals surface area contributed by atoms with E-state index in [1.54, 1.807) is 0 Å². The number of likely N-dealkylation sites (N-methyl/N-ethyl adjacent to an activating group) is 1. The van der Waals surface area contributed by atoms with Gasteiger partial charge in [-0.3, -0.25) is 0 Å². The fraction of sp³-hybridized carbons (Fsp3) is 0.211. The third-order valence-electron chi connectivity index (χ3n) is 4.37. The number of thiophene rings is 1. The van der Waals surface area contributed by atoms with E-state index in [-0.39, 0.29) is 0 Å². The van der Waals surface area contributed by atoms with Gasteiger partial charge in [0.25, 0.3) is 0 Å². The van der Waals surface area contributed by atoms with Crippen molar-refractivity contribution in [3.63, 3.8) is 0 Å². The monoisotopic (exact) mass is 304 g/mol. The predicted molar refractivity (Wildman–Crippen MR) is 91.2 cm³/mol. The van der Waals surface area contributed by atoms with Crippen LogP contribution in [0.4, 0.5) is 0 Å². The van der Waals surface area contributed by atoms with Crippen LogP contribution in [0.1, 0.15) is 27.5 Å². The van der Waals surface area contributed by atoms with Gasteiger partial charge in [-0.15, -0.1) is 11.3 Å². The number of benzene rings is 2. The Balaban J connectivity index is 1.84. The van der Waals surface area contributed by atoms with E-state index >= 15 is 0 Å². The minimum Gasteiger partial charge on any atom is -0.301 e. The Morgan fingerprint density at radius 1 is 1.18 bits per heavy atom. The second-order valence-electron chi connectivity index (χ2n) is 5.96. The summed E-state index contributed by atoms with van der Waals surface area (Å²) >= 11 is 1.89. The zero-order chi connectivity index (χ0) is 15.1. The Morgan fingerprint density at radius 3 is 2.86 bits per heavy atom. The summed E-state index contributed by atoms with van der Waals surface area (Å²) in [6.45, 7) is 1.96. The predicted octanol–water partition coefficient (Wildman–Crippen LogP) is 4.35. The highest BCUT2D eigenvalue weighted by molar-refractivity contribution is 7.19. The lowest BCUT2D eigenvalue weighted by Gasteiger charge is -2.31. The minimum absolute atomic E-state index is 0.402.